The summed E-state index contributed by atoms with van der Waals surface area (Å²) in [5.41, 5.74) is 4.16. The van der Waals surface area contributed by atoms with Gasteiger partial charge in [-0.2, -0.15) is 5.10 Å². The van der Waals surface area contributed by atoms with Crippen LogP contribution in [-0.4, -0.2) is 41.5 Å². The third kappa shape index (κ3) is 5.03. The van der Waals surface area contributed by atoms with Crippen LogP contribution in [0.2, 0.25) is 0 Å². The van der Waals surface area contributed by atoms with E-state index in [4.69, 9.17) is 9.84 Å². The van der Waals surface area contributed by atoms with Gasteiger partial charge >= 0.3 is 0 Å². The van der Waals surface area contributed by atoms with Gasteiger partial charge in [0.1, 0.15) is 11.9 Å². The number of nitrogens with zero attached hydrogens (tertiary/aromatic N) is 2. The second-order valence-corrected chi connectivity index (χ2v) is 6.93. The molecule has 2 heterocycles. The fourth-order valence-corrected chi connectivity index (χ4v) is 3.33. The van der Waals surface area contributed by atoms with Crippen molar-refractivity contribution < 1.29 is 9.53 Å². The zero-order valence-electron chi connectivity index (χ0n) is 16.3. The summed E-state index contributed by atoms with van der Waals surface area (Å²) in [6.07, 6.45) is -0.490. The molecular formula is C22H25ClN4O2. The molecule has 29 heavy (non-hydrogen) atoms. The highest BCUT2D eigenvalue weighted by molar-refractivity contribution is 5.94. The number of halogens is 1. The van der Waals surface area contributed by atoms with E-state index in [1.165, 1.54) is 0 Å². The van der Waals surface area contributed by atoms with Crippen LogP contribution in [-0.2, 0) is 16.1 Å². The Morgan fingerprint density at radius 2 is 1.97 bits per heavy atom. The first-order valence-electron chi connectivity index (χ1n) is 9.51. The molecule has 4 rings (SSSR count). The Balaban J connectivity index is 0.00000240. The number of rotatable bonds is 5. The Bertz CT molecular complexity index is 952. The van der Waals surface area contributed by atoms with Gasteiger partial charge in [0.05, 0.1) is 18.8 Å². The van der Waals surface area contributed by atoms with Crippen molar-refractivity contribution in [2.45, 2.75) is 19.6 Å². The Morgan fingerprint density at radius 3 is 2.69 bits per heavy atom. The van der Waals surface area contributed by atoms with Gasteiger partial charge in [-0.3, -0.25) is 4.79 Å². The van der Waals surface area contributed by atoms with E-state index in [1.54, 1.807) is 0 Å². The van der Waals surface area contributed by atoms with E-state index in [1.807, 2.05) is 47.1 Å². The molecule has 1 aliphatic heterocycles. The van der Waals surface area contributed by atoms with Crippen LogP contribution in [0.5, 0.6) is 0 Å². The average Bonchev–Trinajstić information content (AvgIpc) is 3.11. The van der Waals surface area contributed by atoms with Crippen molar-refractivity contribution in [1.29, 1.82) is 0 Å². The van der Waals surface area contributed by atoms with Gasteiger partial charge in [-0.25, -0.2) is 4.68 Å². The molecule has 3 aromatic rings. The highest BCUT2D eigenvalue weighted by atomic mass is 35.5. The van der Waals surface area contributed by atoms with Crippen molar-refractivity contribution >= 4 is 24.1 Å². The maximum atomic E-state index is 12.7. The standard InChI is InChI=1S/C22H24N4O2.ClH/c1-16-7-5-6-10-18(16)19-13-21(24-22(27)20-14-23-11-12-28-20)26(25-19)15-17-8-3-2-4-9-17;/h2-10,13,20,23H,11-12,14-15H2,1H3,(H,24,27);1H. The lowest BCUT2D eigenvalue weighted by molar-refractivity contribution is -0.128. The Labute approximate surface area is 176 Å². The number of amides is 1. The summed E-state index contributed by atoms with van der Waals surface area (Å²) in [5.74, 6) is 0.513. The van der Waals surface area contributed by atoms with Crippen LogP contribution in [0.3, 0.4) is 0 Å². The number of ether oxygens (including phenoxy) is 1. The predicted octanol–water partition coefficient (Wildman–Crippen LogP) is 3.26. The minimum absolute atomic E-state index is 0. The molecule has 1 amide bonds. The molecule has 1 saturated heterocycles. The second-order valence-electron chi connectivity index (χ2n) is 6.93. The van der Waals surface area contributed by atoms with Gasteiger partial charge in [-0.05, 0) is 18.1 Å². The summed E-state index contributed by atoms with van der Waals surface area (Å²) in [6, 6.07) is 20.1. The Hall–Kier alpha value is -2.67. The van der Waals surface area contributed by atoms with Crippen LogP contribution in [0, 0.1) is 6.92 Å². The van der Waals surface area contributed by atoms with E-state index in [0.717, 1.165) is 28.9 Å². The molecular weight excluding hydrogens is 388 g/mol. The Morgan fingerprint density at radius 1 is 1.21 bits per heavy atom. The fraction of sp³-hybridized carbons (Fsp3) is 0.273. The maximum absolute atomic E-state index is 12.7. The first-order chi connectivity index (χ1) is 13.7. The van der Waals surface area contributed by atoms with Gasteiger partial charge in [0.25, 0.3) is 5.91 Å². The number of nitrogens with one attached hydrogen (secondary N) is 2. The molecule has 1 fully saturated rings. The normalized spacial score (nSPS) is 16.1. The first-order valence-corrected chi connectivity index (χ1v) is 9.51. The molecule has 0 saturated carbocycles. The molecule has 1 aliphatic rings. The van der Waals surface area contributed by atoms with E-state index in [9.17, 15) is 4.79 Å². The highest BCUT2D eigenvalue weighted by Gasteiger charge is 2.23. The molecule has 1 atom stereocenters. The van der Waals surface area contributed by atoms with E-state index in [2.05, 4.69) is 35.8 Å². The molecule has 0 aliphatic carbocycles. The van der Waals surface area contributed by atoms with Crippen LogP contribution in [0.15, 0.2) is 60.7 Å². The number of morpholine rings is 1. The van der Waals surface area contributed by atoms with Crippen LogP contribution in [0.4, 0.5) is 5.82 Å². The number of hydrogen-bond acceptors (Lipinski definition) is 4. The third-order valence-corrected chi connectivity index (χ3v) is 4.85. The first kappa shape index (κ1) is 21.0. The van der Waals surface area contributed by atoms with Gasteiger partial charge < -0.3 is 15.4 Å². The van der Waals surface area contributed by atoms with Crippen molar-refractivity contribution in [2.75, 3.05) is 25.0 Å². The molecule has 2 aromatic carbocycles. The molecule has 1 aromatic heterocycles. The van der Waals surface area contributed by atoms with E-state index >= 15 is 0 Å². The predicted molar refractivity (Wildman–Crippen MR) is 116 cm³/mol. The van der Waals surface area contributed by atoms with Gasteiger partial charge in [0.15, 0.2) is 0 Å². The SMILES string of the molecule is Cc1ccccc1-c1cc(NC(=O)C2CNCCO2)n(Cc2ccccc2)n1.Cl. The molecule has 0 radical (unpaired) electrons. The van der Waals surface area contributed by atoms with Crippen LogP contribution < -0.4 is 10.6 Å². The second kappa shape index (κ2) is 9.69. The summed E-state index contributed by atoms with van der Waals surface area (Å²) in [5, 5.41) is 11.0. The van der Waals surface area contributed by atoms with E-state index < -0.39 is 6.10 Å². The molecule has 0 bridgehead atoms. The van der Waals surface area contributed by atoms with Crippen molar-refractivity contribution in [3.8, 4) is 11.3 Å². The van der Waals surface area contributed by atoms with Gasteiger partial charge in [-0.15, -0.1) is 12.4 Å². The average molecular weight is 413 g/mol. The van der Waals surface area contributed by atoms with E-state index in [0.29, 0.717) is 25.5 Å². The fourth-order valence-electron chi connectivity index (χ4n) is 3.33. The number of hydrogen-bond donors (Lipinski definition) is 2. The summed E-state index contributed by atoms with van der Waals surface area (Å²) in [6.45, 7) is 4.46. The maximum Gasteiger partial charge on any atom is 0.255 e. The molecule has 0 spiro atoms. The van der Waals surface area contributed by atoms with Gasteiger partial charge in [-0.1, -0.05) is 54.6 Å². The summed E-state index contributed by atoms with van der Waals surface area (Å²) >= 11 is 0. The van der Waals surface area contributed by atoms with Crippen molar-refractivity contribution in [1.82, 2.24) is 15.1 Å². The largest absolute Gasteiger partial charge is 0.366 e. The minimum Gasteiger partial charge on any atom is -0.366 e. The molecule has 1 unspecified atom stereocenters. The highest BCUT2D eigenvalue weighted by Crippen LogP contribution is 2.25. The summed E-state index contributed by atoms with van der Waals surface area (Å²) in [4.78, 5) is 12.7. The number of aromatic nitrogens is 2. The molecule has 7 heteroatoms. The number of aryl methyl sites for hydroxylation is 1. The summed E-state index contributed by atoms with van der Waals surface area (Å²) < 4.78 is 7.41. The quantitative estimate of drug-likeness (QED) is 0.675. The van der Waals surface area contributed by atoms with Gasteiger partial charge in [0, 0.05) is 24.7 Å². The summed E-state index contributed by atoms with van der Waals surface area (Å²) in [7, 11) is 0. The Kier molecular flexibility index (Phi) is 7.04. The van der Waals surface area contributed by atoms with Crippen LogP contribution in [0.1, 0.15) is 11.1 Å². The zero-order valence-corrected chi connectivity index (χ0v) is 17.1. The number of carbonyl (C=O) groups is 1. The molecule has 152 valence electrons. The molecule has 6 nitrogen and oxygen atoms in total. The zero-order chi connectivity index (χ0) is 19.3. The van der Waals surface area contributed by atoms with Crippen molar-refractivity contribution in [2.24, 2.45) is 0 Å². The van der Waals surface area contributed by atoms with Crippen molar-refractivity contribution in [3.63, 3.8) is 0 Å². The number of benzene rings is 2. The monoisotopic (exact) mass is 412 g/mol. The minimum atomic E-state index is -0.490. The lowest BCUT2D eigenvalue weighted by atomic mass is 10.1. The van der Waals surface area contributed by atoms with Crippen molar-refractivity contribution in [3.05, 3.63) is 71.8 Å². The third-order valence-electron chi connectivity index (χ3n) is 4.85. The van der Waals surface area contributed by atoms with Gasteiger partial charge in [0.2, 0.25) is 0 Å². The number of anilines is 1. The smallest absolute Gasteiger partial charge is 0.255 e. The van der Waals surface area contributed by atoms with E-state index in [-0.39, 0.29) is 18.3 Å². The lowest BCUT2D eigenvalue weighted by Gasteiger charge is -2.22. The van der Waals surface area contributed by atoms with Crippen LogP contribution in [0.25, 0.3) is 11.3 Å². The van der Waals surface area contributed by atoms with Crippen LogP contribution >= 0.6 is 12.4 Å². The topological polar surface area (TPSA) is 68.2 Å². The number of carbonyl (C=O) groups excluding carboxylic acids is 1. The lowest BCUT2D eigenvalue weighted by Crippen LogP contribution is -2.45. The molecule has 2 N–H and O–H groups in total.